The van der Waals surface area contributed by atoms with Crippen molar-refractivity contribution in [1.29, 1.82) is 0 Å². The van der Waals surface area contributed by atoms with Gasteiger partial charge in [0.1, 0.15) is 0 Å². The second-order valence-electron chi connectivity index (χ2n) is 8.36. The maximum Gasteiger partial charge on any atom is 0.345 e. The van der Waals surface area contributed by atoms with Gasteiger partial charge in [0.2, 0.25) is 11.0 Å². The number of hydrogen-bond acceptors (Lipinski definition) is 7. The first-order valence-corrected chi connectivity index (χ1v) is 12.4. The van der Waals surface area contributed by atoms with E-state index >= 15 is 0 Å². The molecule has 0 spiro atoms. The minimum absolute atomic E-state index is 0.0411. The maximum absolute atomic E-state index is 14.1. The van der Waals surface area contributed by atoms with Crippen LogP contribution in [0.1, 0.15) is 28.8 Å². The van der Waals surface area contributed by atoms with Crippen molar-refractivity contribution in [2.75, 3.05) is 10.7 Å². The highest BCUT2D eigenvalue weighted by Crippen LogP contribution is 2.30. The summed E-state index contributed by atoms with van der Waals surface area (Å²) in [5, 5.41) is 19.0. The Morgan fingerprint density at radius 1 is 0.946 bits per heavy atom. The second kappa shape index (κ2) is 12.8. The number of nitrogens with zero attached hydrogens (tertiary/aromatic N) is 2. The minimum atomic E-state index is -2.33. The molecule has 0 aliphatic carbocycles. The van der Waals surface area contributed by atoms with Crippen molar-refractivity contribution < 1.29 is 29.4 Å². The summed E-state index contributed by atoms with van der Waals surface area (Å²) >= 11 is 0.926. The van der Waals surface area contributed by atoms with E-state index in [0.29, 0.717) is 5.56 Å². The largest absolute Gasteiger partial charge is 0.481 e. The Balaban J connectivity index is 2.00. The number of carboxylic acid groups (broad SMARTS) is 2. The predicted molar refractivity (Wildman–Crippen MR) is 140 cm³/mol. The Bertz CT molecular complexity index is 1230. The van der Waals surface area contributed by atoms with Gasteiger partial charge in [0.25, 0.3) is 0 Å². The van der Waals surface area contributed by atoms with Gasteiger partial charge in [-0.05, 0) is 36.2 Å². The standard InChI is InChI=1S/C27H27N3O6S/c28-27(26(35)36,14-13-23(31)32)30(22-11-5-2-6-12-22)24(33)21(16-19-8-3-1-4-9-19)18-37-25(34)20-10-7-15-29-17-20/h1-12,15,17,21H,13-14,16,18,28H2,(H,31,32)(H,35,36)/t21?,27-/m1/s1. The van der Waals surface area contributed by atoms with E-state index in [0.717, 1.165) is 22.2 Å². The summed E-state index contributed by atoms with van der Waals surface area (Å²) in [6.07, 6.45) is 2.12. The molecule has 0 aliphatic heterocycles. The van der Waals surface area contributed by atoms with Gasteiger partial charge in [0, 0.05) is 42.2 Å². The molecule has 1 heterocycles. The molecule has 0 saturated carbocycles. The lowest BCUT2D eigenvalue weighted by Gasteiger charge is -2.39. The topological polar surface area (TPSA) is 151 Å². The van der Waals surface area contributed by atoms with Crippen LogP contribution in [0.2, 0.25) is 0 Å². The molecule has 2 atom stereocenters. The molecular weight excluding hydrogens is 494 g/mol. The van der Waals surface area contributed by atoms with Crippen molar-refractivity contribution in [3.63, 3.8) is 0 Å². The number of carbonyl (C=O) groups excluding carboxylic acids is 2. The fraction of sp³-hybridized carbons (Fsp3) is 0.222. The summed E-state index contributed by atoms with van der Waals surface area (Å²) in [7, 11) is 0. The highest BCUT2D eigenvalue weighted by atomic mass is 32.2. The van der Waals surface area contributed by atoms with Crippen molar-refractivity contribution in [2.24, 2.45) is 11.7 Å². The van der Waals surface area contributed by atoms with Crippen LogP contribution < -0.4 is 10.6 Å². The predicted octanol–water partition coefficient (Wildman–Crippen LogP) is 3.45. The Morgan fingerprint density at radius 2 is 1.59 bits per heavy atom. The van der Waals surface area contributed by atoms with Crippen molar-refractivity contribution in [3.05, 3.63) is 96.3 Å². The molecule has 0 bridgehead atoms. The molecule has 1 unspecified atom stereocenters. The molecule has 4 N–H and O–H groups in total. The van der Waals surface area contributed by atoms with Gasteiger partial charge in [-0.15, -0.1) is 0 Å². The smallest absolute Gasteiger partial charge is 0.345 e. The van der Waals surface area contributed by atoms with E-state index < -0.39 is 42.3 Å². The van der Waals surface area contributed by atoms with Crippen LogP contribution in [-0.2, 0) is 20.8 Å². The number of rotatable bonds is 12. The number of nitrogens with two attached hydrogens (primary N) is 1. The number of carbonyl (C=O) groups is 4. The molecular formula is C27H27N3O6S. The number of anilines is 1. The number of amides is 1. The number of aliphatic carboxylic acids is 2. The first-order chi connectivity index (χ1) is 17.7. The number of para-hydroxylation sites is 1. The van der Waals surface area contributed by atoms with Crippen LogP contribution in [0.5, 0.6) is 0 Å². The van der Waals surface area contributed by atoms with Crippen molar-refractivity contribution >= 4 is 40.4 Å². The van der Waals surface area contributed by atoms with Crippen molar-refractivity contribution in [3.8, 4) is 0 Å². The molecule has 0 radical (unpaired) electrons. The lowest BCUT2D eigenvalue weighted by Crippen LogP contribution is -2.65. The molecule has 192 valence electrons. The van der Waals surface area contributed by atoms with E-state index in [1.807, 2.05) is 30.3 Å². The number of hydrogen-bond donors (Lipinski definition) is 3. The molecule has 1 amide bonds. The highest BCUT2D eigenvalue weighted by Gasteiger charge is 2.46. The first-order valence-electron chi connectivity index (χ1n) is 11.5. The zero-order chi connectivity index (χ0) is 26.8. The molecule has 3 rings (SSSR count). The fourth-order valence-electron chi connectivity index (χ4n) is 3.79. The van der Waals surface area contributed by atoms with E-state index in [9.17, 15) is 29.4 Å². The van der Waals surface area contributed by atoms with Gasteiger partial charge < -0.3 is 10.2 Å². The van der Waals surface area contributed by atoms with Crippen LogP contribution in [0, 0.1) is 5.92 Å². The van der Waals surface area contributed by atoms with Crippen molar-refractivity contribution in [1.82, 2.24) is 4.98 Å². The quantitative estimate of drug-likeness (QED) is 0.304. The van der Waals surface area contributed by atoms with Crippen LogP contribution in [0.4, 0.5) is 5.69 Å². The van der Waals surface area contributed by atoms with E-state index in [4.69, 9.17) is 5.73 Å². The first kappa shape index (κ1) is 27.6. The lowest BCUT2D eigenvalue weighted by molar-refractivity contribution is -0.146. The SMILES string of the molecule is N[C@@](CCC(=O)O)(C(=O)O)N(C(=O)C(CSC(=O)c1cccnc1)Cc1ccccc1)c1ccccc1. The number of pyridine rings is 1. The summed E-state index contributed by atoms with van der Waals surface area (Å²) in [6.45, 7) is 0. The van der Waals surface area contributed by atoms with E-state index in [2.05, 4.69) is 4.98 Å². The third-order valence-electron chi connectivity index (χ3n) is 5.71. The lowest BCUT2D eigenvalue weighted by atomic mass is 9.95. The number of thioether (sulfide) groups is 1. The molecule has 9 nitrogen and oxygen atoms in total. The summed E-state index contributed by atoms with van der Waals surface area (Å²) in [4.78, 5) is 55.5. The summed E-state index contributed by atoms with van der Waals surface area (Å²) in [5.41, 5.74) is 5.37. The zero-order valence-electron chi connectivity index (χ0n) is 19.9. The van der Waals surface area contributed by atoms with Crippen LogP contribution >= 0.6 is 11.8 Å². The Labute approximate surface area is 218 Å². The van der Waals surface area contributed by atoms with Gasteiger partial charge in [0.05, 0.1) is 5.92 Å². The molecule has 2 aromatic carbocycles. The van der Waals surface area contributed by atoms with Gasteiger partial charge >= 0.3 is 11.9 Å². The maximum atomic E-state index is 14.1. The summed E-state index contributed by atoms with van der Waals surface area (Å²) in [5.74, 6) is -4.21. The fourth-order valence-corrected chi connectivity index (χ4v) is 4.69. The second-order valence-corrected chi connectivity index (χ2v) is 9.35. The third kappa shape index (κ3) is 7.25. The normalized spacial score (nSPS) is 13.2. The van der Waals surface area contributed by atoms with Gasteiger partial charge in [-0.2, -0.15) is 0 Å². The molecule has 0 aliphatic rings. The summed E-state index contributed by atoms with van der Waals surface area (Å²) in [6, 6.07) is 20.4. The van der Waals surface area contributed by atoms with Gasteiger partial charge in [-0.1, -0.05) is 60.3 Å². The molecule has 10 heteroatoms. The zero-order valence-corrected chi connectivity index (χ0v) is 20.7. The molecule has 0 saturated heterocycles. The average molecular weight is 522 g/mol. The molecule has 1 aromatic heterocycles. The number of aromatic nitrogens is 1. The van der Waals surface area contributed by atoms with Crippen LogP contribution in [-0.4, -0.2) is 49.6 Å². The summed E-state index contributed by atoms with van der Waals surface area (Å²) < 4.78 is 0. The Hall–Kier alpha value is -4.02. The monoisotopic (exact) mass is 521 g/mol. The van der Waals surface area contributed by atoms with E-state index in [-0.39, 0.29) is 23.0 Å². The van der Waals surface area contributed by atoms with E-state index in [1.54, 1.807) is 36.5 Å². The number of benzene rings is 2. The van der Waals surface area contributed by atoms with Crippen LogP contribution in [0.15, 0.2) is 85.2 Å². The van der Waals surface area contributed by atoms with Gasteiger partial charge in [-0.25, -0.2) is 4.79 Å². The van der Waals surface area contributed by atoms with Crippen molar-refractivity contribution in [2.45, 2.75) is 24.9 Å². The third-order valence-corrected chi connectivity index (χ3v) is 6.78. The van der Waals surface area contributed by atoms with Gasteiger partial charge in [0.15, 0.2) is 5.66 Å². The molecule has 3 aromatic rings. The van der Waals surface area contributed by atoms with E-state index in [1.165, 1.54) is 18.3 Å². The molecule has 0 fully saturated rings. The minimum Gasteiger partial charge on any atom is -0.481 e. The highest BCUT2D eigenvalue weighted by molar-refractivity contribution is 8.14. The Morgan fingerprint density at radius 3 is 2.16 bits per heavy atom. The van der Waals surface area contributed by atoms with Crippen LogP contribution in [0.25, 0.3) is 0 Å². The molecule has 37 heavy (non-hydrogen) atoms. The average Bonchev–Trinajstić information content (AvgIpc) is 2.91. The van der Waals surface area contributed by atoms with Crippen LogP contribution in [0.3, 0.4) is 0 Å². The Kier molecular flexibility index (Phi) is 9.53. The van der Waals surface area contributed by atoms with Gasteiger partial charge in [-0.3, -0.25) is 30.0 Å². The number of carboxylic acids is 2.